The first kappa shape index (κ1) is 21.3. The fourth-order valence-electron chi connectivity index (χ4n) is 4.61. The number of hydrogen-bond donors (Lipinski definition) is 2. The highest BCUT2D eigenvalue weighted by Gasteiger charge is 2.57. The van der Waals surface area contributed by atoms with E-state index in [-0.39, 0.29) is 23.8 Å². The van der Waals surface area contributed by atoms with Gasteiger partial charge in [-0.3, -0.25) is 14.5 Å². The second kappa shape index (κ2) is 8.79. The fraction of sp³-hybridized carbons (Fsp3) is 0.458. The summed E-state index contributed by atoms with van der Waals surface area (Å²) in [7, 11) is 0. The molecule has 1 atom stereocenters. The number of nitrogens with zero attached hydrogens (tertiary/aromatic N) is 4. The molecular weight excluding hydrogens is 420 g/mol. The number of hydrogen-bond acceptors (Lipinski definition) is 7. The van der Waals surface area contributed by atoms with Crippen LogP contribution in [0.25, 0.3) is 0 Å². The summed E-state index contributed by atoms with van der Waals surface area (Å²) < 4.78 is 5.33. The average molecular weight is 447 g/mol. The Hall–Kier alpha value is -3.51. The van der Waals surface area contributed by atoms with Gasteiger partial charge in [-0.25, -0.2) is 4.98 Å². The smallest absolute Gasteiger partial charge is 0.251 e. The molecule has 0 bridgehead atoms. The van der Waals surface area contributed by atoms with Crippen LogP contribution >= 0.6 is 0 Å². The van der Waals surface area contributed by atoms with Gasteiger partial charge in [0.05, 0.1) is 6.07 Å². The van der Waals surface area contributed by atoms with Gasteiger partial charge in [-0.1, -0.05) is 0 Å². The molecule has 1 aliphatic carbocycles. The third kappa shape index (κ3) is 4.26. The number of benzene rings is 1. The summed E-state index contributed by atoms with van der Waals surface area (Å²) in [6, 6.07) is 11.2. The molecule has 0 radical (unpaired) electrons. The summed E-state index contributed by atoms with van der Waals surface area (Å²) in [6.45, 7) is 1.83. The van der Waals surface area contributed by atoms with Gasteiger partial charge in [0, 0.05) is 43.2 Å². The number of nitriles is 1. The minimum Gasteiger partial charge on any atom is -0.381 e. The van der Waals surface area contributed by atoms with Gasteiger partial charge in [-0.2, -0.15) is 10.2 Å². The Morgan fingerprint density at radius 1 is 1.15 bits per heavy atom. The van der Waals surface area contributed by atoms with Crippen LogP contribution in [0.2, 0.25) is 0 Å². The standard InChI is InChI=1S/C24H26N6O3/c25-15-24(17-3-4-17)10-12-30(22(24)32)20-7-11-26-23(29-20)28-18-5-1-16(2-6-18)21(31)27-19-8-13-33-14-9-19/h1-2,5-7,11,17,19H,3-4,8-10,12-14H2,(H,27,31)(H,26,28,29)/t24-/m1/s1. The van der Waals surface area contributed by atoms with Crippen molar-refractivity contribution in [2.45, 2.75) is 38.1 Å². The van der Waals surface area contributed by atoms with Crippen molar-refractivity contribution >= 4 is 29.3 Å². The number of amides is 2. The highest BCUT2D eigenvalue weighted by atomic mass is 16.5. The van der Waals surface area contributed by atoms with E-state index in [0.29, 0.717) is 43.5 Å². The first-order chi connectivity index (χ1) is 16.1. The van der Waals surface area contributed by atoms with Gasteiger partial charge in [0.25, 0.3) is 5.91 Å². The van der Waals surface area contributed by atoms with E-state index in [1.807, 2.05) is 0 Å². The summed E-state index contributed by atoms with van der Waals surface area (Å²) in [4.78, 5) is 35.9. The Morgan fingerprint density at radius 2 is 1.91 bits per heavy atom. The van der Waals surface area contributed by atoms with E-state index >= 15 is 0 Å². The van der Waals surface area contributed by atoms with Crippen molar-refractivity contribution in [3.63, 3.8) is 0 Å². The second-order valence-corrected chi connectivity index (χ2v) is 8.87. The lowest BCUT2D eigenvalue weighted by Gasteiger charge is -2.23. The number of aromatic nitrogens is 2. The molecule has 2 amide bonds. The number of anilines is 3. The van der Waals surface area contributed by atoms with Crippen LogP contribution in [0.5, 0.6) is 0 Å². The van der Waals surface area contributed by atoms with Gasteiger partial charge in [0.2, 0.25) is 11.9 Å². The molecular formula is C24H26N6O3. The first-order valence-corrected chi connectivity index (χ1v) is 11.4. The van der Waals surface area contributed by atoms with E-state index in [1.54, 1.807) is 41.4 Å². The molecule has 0 spiro atoms. The largest absolute Gasteiger partial charge is 0.381 e. The van der Waals surface area contributed by atoms with Crippen LogP contribution in [0, 0.1) is 22.7 Å². The topological polar surface area (TPSA) is 120 Å². The van der Waals surface area contributed by atoms with Crippen LogP contribution in [0.3, 0.4) is 0 Å². The lowest BCUT2D eigenvalue weighted by Crippen LogP contribution is -2.38. The highest BCUT2D eigenvalue weighted by Crippen LogP contribution is 2.51. The molecule has 33 heavy (non-hydrogen) atoms. The van der Waals surface area contributed by atoms with Crippen LogP contribution in [-0.2, 0) is 9.53 Å². The molecule has 1 saturated carbocycles. The van der Waals surface area contributed by atoms with Crippen LogP contribution in [0.4, 0.5) is 17.5 Å². The van der Waals surface area contributed by atoms with E-state index in [1.165, 1.54) is 0 Å². The maximum Gasteiger partial charge on any atom is 0.251 e. The molecule has 3 aliphatic rings. The van der Waals surface area contributed by atoms with E-state index in [4.69, 9.17) is 4.74 Å². The summed E-state index contributed by atoms with van der Waals surface area (Å²) >= 11 is 0. The third-order valence-corrected chi connectivity index (χ3v) is 6.71. The molecule has 3 fully saturated rings. The highest BCUT2D eigenvalue weighted by molar-refractivity contribution is 6.01. The monoisotopic (exact) mass is 446 g/mol. The zero-order chi connectivity index (χ0) is 22.8. The molecule has 1 aromatic heterocycles. The molecule has 3 heterocycles. The van der Waals surface area contributed by atoms with Crippen LogP contribution in [0.15, 0.2) is 36.5 Å². The van der Waals surface area contributed by atoms with Crippen molar-refractivity contribution in [1.82, 2.24) is 15.3 Å². The summed E-state index contributed by atoms with van der Waals surface area (Å²) in [5.74, 6) is 0.748. The quantitative estimate of drug-likeness (QED) is 0.700. The average Bonchev–Trinajstić information content (AvgIpc) is 3.64. The van der Waals surface area contributed by atoms with Gasteiger partial charge >= 0.3 is 0 Å². The van der Waals surface area contributed by atoms with Crippen molar-refractivity contribution in [3.05, 3.63) is 42.1 Å². The molecule has 2 aromatic rings. The zero-order valence-corrected chi connectivity index (χ0v) is 18.3. The molecule has 2 aliphatic heterocycles. The Bertz CT molecular complexity index is 1090. The molecule has 170 valence electrons. The third-order valence-electron chi connectivity index (χ3n) is 6.71. The Kier molecular flexibility index (Phi) is 5.68. The number of rotatable bonds is 6. The van der Waals surface area contributed by atoms with Gasteiger partial charge in [0.1, 0.15) is 11.2 Å². The number of ether oxygens (including phenoxy) is 1. The van der Waals surface area contributed by atoms with Crippen molar-refractivity contribution in [3.8, 4) is 6.07 Å². The first-order valence-electron chi connectivity index (χ1n) is 11.4. The van der Waals surface area contributed by atoms with Gasteiger partial charge in [0.15, 0.2) is 0 Å². The Morgan fingerprint density at radius 3 is 2.61 bits per heavy atom. The molecule has 2 saturated heterocycles. The van der Waals surface area contributed by atoms with Crippen molar-refractivity contribution in [1.29, 1.82) is 5.26 Å². The molecule has 2 N–H and O–H groups in total. The van der Waals surface area contributed by atoms with Crippen molar-refractivity contribution < 1.29 is 14.3 Å². The van der Waals surface area contributed by atoms with Gasteiger partial charge in [-0.05, 0) is 68.4 Å². The van der Waals surface area contributed by atoms with Crippen molar-refractivity contribution in [2.75, 3.05) is 30.0 Å². The molecule has 9 heteroatoms. The van der Waals surface area contributed by atoms with E-state index in [0.717, 1.165) is 31.4 Å². The van der Waals surface area contributed by atoms with E-state index in [2.05, 4.69) is 26.7 Å². The van der Waals surface area contributed by atoms with Crippen LogP contribution < -0.4 is 15.5 Å². The molecule has 0 unspecified atom stereocenters. The van der Waals surface area contributed by atoms with E-state index in [9.17, 15) is 14.9 Å². The second-order valence-electron chi connectivity index (χ2n) is 8.87. The van der Waals surface area contributed by atoms with Crippen molar-refractivity contribution in [2.24, 2.45) is 11.3 Å². The lowest BCUT2D eigenvalue weighted by molar-refractivity contribution is -0.123. The molecule has 1 aromatic carbocycles. The minimum atomic E-state index is -0.903. The molecule has 9 nitrogen and oxygen atoms in total. The number of carbonyl (C=O) groups excluding carboxylic acids is 2. The summed E-state index contributed by atoms with van der Waals surface area (Å²) in [6.07, 6.45) is 5.66. The lowest BCUT2D eigenvalue weighted by atomic mass is 9.83. The predicted molar refractivity (Wildman–Crippen MR) is 121 cm³/mol. The SMILES string of the molecule is N#C[C@@]1(C2CC2)CCN(c2ccnc(Nc3ccc(C(=O)NC4CCOCC4)cc3)n2)C1=O. The Labute approximate surface area is 192 Å². The van der Waals surface area contributed by atoms with Crippen LogP contribution in [-0.4, -0.2) is 47.6 Å². The zero-order valence-electron chi connectivity index (χ0n) is 18.3. The fourth-order valence-corrected chi connectivity index (χ4v) is 4.61. The summed E-state index contributed by atoms with van der Waals surface area (Å²) in [5, 5.41) is 15.9. The number of carbonyl (C=O) groups is 2. The van der Waals surface area contributed by atoms with E-state index < -0.39 is 5.41 Å². The Balaban J connectivity index is 1.24. The maximum atomic E-state index is 13.0. The van der Waals surface area contributed by atoms with Gasteiger partial charge in [-0.15, -0.1) is 0 Å². The maximum absolute atomic E-state index is 13.0. The molecule has 5 rings (SSSR count). The summed E-state index contributed by atoms with van der Waals surface area (Å²) in [5.41, 5.74) is 0.406. The van der Waals surface area contributed by atoms with Crippen LogP contribution in [0.1, 0.15) is 42.5 Å². The minimum absolute atomic E-state index is 0.101. The normalized spacial score (nSPS) is 23.2. The predicted octanol–water partition coefficient (Wildman–Crippen LogP) is 2.79. The number of nitrogens with one attached hydrogen (secondary N) is 2. The van der Waals surface area contributed by atoms with Gasteiger partial charge < -0.3 is 15.4 Å².